The Balaban J connectivity index is 2.27. The molecule has 1 nitrogen and oxygen atoms in total. The van der Waals surface area contributed by atoms with Crippen LogP contribution in [0.4, 0.5) is 0 Å². The first-order chi connectivity index (χ1) is 8.09. The molecule has 1 aromatic rings. The maximum Gasteiger partial charge on any atom is 0.0165 e. The topological polar surface area (TPSA) is 3.24 Å². The first-order valence-corrected chi connectivity index (χ1v) is 7.41. The van der Waals surface area contributed by atoms with Crippen LogP contribution in [-0.4, -0.2) is 25.0 Å². The van der Waals surface area contributed by atoms with Crippen molar-refractivity contribution in [1.29, 1.82) is 0 Å². The van der Waals surface area contributed by atoms with Crippen molar-refractivity contribution in [2.75, 3.05) is 20.1 Å². The summed E-state index contributed by atoms with van der Waals surface area (Å²) in [6, 6.07) is 2.19. The van der Waals surface area contributed by atoms with Gasteiger partial charge in [0.15, 0.2) is 0 Å². The van der Waals surface area contributed by atoms with E-state index < -0.39 is 0 Å². The third kappa shape index (κ3) is 6.04. The second kappa shape index (κ2) is 7.67. The highest BCUT2D eigenvalue weighted by Gasteiger charge is 2.00. The highest BCUT2D eigenvalue weighted by atomic mass is 32.1. The van der Waals surface area contributed by atoms with Crippen molar-refractivity contribution in [2.24, 2.45) is 5.92 Å². The molecule has 0 aliphatic carbocycles. The van der Waals surface area contributed by atoms with Gasteiger partial charge in [-0.05, 0) is 67.2 Å². The summed E-state index contributed by atoms with van der Waals surface area (Å²) in [6.07, 6.45) is 4.97. The lowest BCUT2D eigenvalue weighted by atomic mass is 10.1. The maximum atomic E-state index is 2.40. The molecule has 0 spiro atoms. The molecule has 0 saturated carbocycles. The Morgan fingerprint density at radius 1 is 1.47 bits per heavy atom. The first-order valence-electron chi connectivity index (χ1n) is 6.47. The molecule has 0 aliphatic heterocycles. The van der Waals surface area contributed by atoms with Crippen molar-refractivity contribution in [1.82, 2.24) is 4.90 Å². The molecule has 0 amide bonds. The summed E-state index contributed by atoms with van der Waals surface area (Å²) in [5.74, 6) is 0.825. The fraction of sp³-hybridized carbons (Fsp3) is 0.600. The molecule has 0 fully saturated rings. The van der Waals surface area contributed by atoms with E-state index in [0.717, 1.165) is 12.5 Å². The number of thiophene rings is 1. The molecule has 0 radical (unpaired) electrons. The van der Waals surface area contributed by atoms with E-state index in [9.17, 15) is 0 Å². The molecule has 0 aliphatic rings. The van der Waals surface area contributed by atoms with E-state index >= 15 is 0 Å². The normalized spacial score (nSPS) is 12.7. The quantitative estimate of drug-likeness (QED) is 0.688. The van der Waals surface area contributed by atoms with Crippen LogP contribution in [0.1, 0.15) is 39.2 Å². The molecule has 0 N–H and O–H groups in total. The van der Waals surface area contributed by atoms with Gasteiger partial charge in [-0.2, -0.15) is 11.3 Å². The van der Waals surface area contributed by atoms with Crippen molar-refractivity contribution < 1.29 is 0 Å². The van der Waals surface area contributed by atoms with Crippen molar-refractivity contribution in [3.05, 3.63) is 28.5 Å². The van der Waals surface area contributed by atoms with E-state index in [1.54, 1.807) is 11.3 Å². The Bertz CT molecular complexity index is 325. The smallest absolute Gasteiger partial charge is 0.0165 e. The summed E-state index contributed by atoms with van der Waals surface area (Å²) in [7, 11) is 2.21. The van der Waals surface area contributed by atoms with Gasteiger partial charge in [-0.3, -0.25) is 0 Å². The van der Waals surface area contributed by atoms with E-state index in [2.05, 4.69) is 55.6 Å². The lowest BCUT2D eigenvalue weighted by molar-refractivity contribution is 0.348. The Labute approximate surface area is 110 Å². The zero-order valence-corrected chi connectivity index (χ0v) is 12.4. The summed E-state index contributed by atoms with van der Waals surface area (Å²) in [5.41, 5.74) is 2.76. The predicted molar refractivity (Wildman–Crippen MR) is 79.5 cm³/mol. The molecule has 0 saturated heterocycles. The Morgan fingerprint density at radius 3 is 2.82 bits per heavy atom. The molecule has 96 valence electrons. The molecule has 1 aromatic heterocycles. The fourth-order valence-electron chi connectivity index (χ4n) is 1.76. The molecular formula is C15H25NS. The Hall–Kier alpha value is -0.600. The largest absolute Gasteiger partial charge is 0.303 e. The van der Waals surface area contributed by atoms with E-state index in [4.69, 9.17) is 0 Å². The van der Waals surface area contributed by atoms with Crippen LogP contribution in [-0.2, 0) is 0 Å². The third-order valence-corrected chi connectivity index (χ3v) is 3.69. The summed E-state index contributed by atoms with van der Waals surface area (Å²) in [6.45, 7) is 9.04. The van der Waals surface area contributed by atoms with Crippen LogP contribution in [0.25, 0.3) is 5.57 Å². The second-order valence-corrected chi connectivity index (χ2v) is 5.98. The standard InChI is InChI=1S/C15H25NS/c1-13(2)6-5-9-16(4)10-7-14(3)15-8-11-17-12-15/h7-8,11-13H,5-6,9-10H2,1-4H3/b14-7+. The average molecular weight is 251 g/mol. The molecule has 1 rings (SSSR count). The minimum Gasteiger partial charge on any atom is -0.303 e. The molecule has 0 unspecified atom stereocenters. The van der Waals surface area contributed by atoms with E-state index in [0.29, 0.717) is 0 Å². The molecular weight excluding hydrogens is 226 g/mol. The fourth-order valence-corrected chi connectivity index (χ4v) is 2.48. The van der Waals surface area contributed by atoms with Gasteiger partial charge in [0.25, 0.3) is 0 Å². The molecule has 0 aromatic carbocycles. The zero-order valence-electron chi connectivity index (χ0n) is 11.6. The van der Waals surface area contributed by atoms with Crippen LogP contribution in [0.5, 0.6) is 0 Å². The number of allylic oxidation sites excluding steroid dienone is 1. The second-order valence-electron chi connectivity index (χ2n) is 5.20. The number of likely N-dealkylation sites (N-methyl/N-ethyl adjacent to an activating group) is 1. The van der Waals surface area contributed by atoms with Gasteiger partial charge in [0.05, 0.1) is 0 Å². The molecule has 1 heterocycles. The number of hydrogen-bond acceptors (Lipinski definition) is 2. The van der Waals surface area contributed by atoms with Crippen molar-refractivity contribution in [3.63, 3.8) is 0 Å². The number of hydrogen-bond donors (Lipinski definition) is 0. The third-order valence-electron chi connectivity index (χ3n) is 3.01. The number of rotatable bonds is 7. The van der Waals surface area contributed by atoms with Crippen LogP contribution in [0.2, 0.25) is 0 Å². The van der Waals surface area contributed by atoms with Gasteiger partial charge in [0.1, 0.15) is 0 Å². The van der Waals surface area contributed by atoms with Gasteiger partial charge in [0.2, 0.25) is 0 Å². The van der Waals surface area contributed by atoms with Crippen molar-refractivity contribution >= 4 is 16.9 Å². The van der Waals surface area contributed by atoms with Crippen LogP contribution in [0.3, 0.4) is 0 Å². The van der Waals surface area contributed by atoms with Gasteiger partial charge in [-0.15, -0.1) is 0 Å². The summed E-state index contributed by atoms with van der Waals surface area (Å²) in [5, 5.41) is 4.35. The molecule has 2 heteroatoms. The molecule has 17 heavy (non-hydrogen) atoms. The number of nitrogens with zero attached hydrogens (tertiary/aromatic N) is 1. The Morgan fingerprint density at radius 2 is 2.24 bits per heavy atom. The average Bonchev–Trinajstić information content (AvgIpc) is 2.78. The predicted octanol–water partition coefficient (Wildman–Crippen LogP) is 4.52. The highest BCUT2D eigenvalue weighted by Crippen LogP contribution is 2.16. The van der Waals surface area contributed by atoms with Gasteiger partial charge in [-0.1, -0.05) is 19.9 Å². The SMILES string of the molecule is C/C(=C\CN(C)CCCC(C)C)c1ccsc1. The lowest BCUT2D eigenvalue weighted by Crippen LogP contribution is -2.20. The lowest BCUT2D eigenvalue weighted by Gasteiger charge is -2.15. The summed E-state index contributed by atoms with van der Waals surface area (Å²) >= 11 is 1.76. The zero-order chi connectivity index (χ0) is 12.7. The molecule has 0 atom stereocenters. The summed E-state index contributed by atoms with van der Waals surface area (Å²) < 4.78 is 0. The van der Waals surface area contributed by atoms with E-state index in [1.165, 1.54) is 30.5 Å². The van der Waals surface area contributed by atoms with Crippen LogP contribution < -0.4 is 0 Å². The Kier molecular flexibility index (Phi) is 6.53. The van der Waals surface area contributed by atoms with Crippen molar-refractivity contribution in [2.45, 2.75) is 33.6 Å². The van der Waals surface area contributed by atoms with Gasteiger partial charge in [0, 0.05) is 6.54 Å². The minimum absolute atomic E-state index is 0.825. The van der Waals surface area contributed by atoms with E-state index in [-0.39, 0.29) is 0 Å². The maximum absolute atomic E-state index is 2.40. The van der Waals surface area contributed by atoms with Crippen molar-refractivity contribution in [3.8, 4) is 0 Å². The van der Waals surface area contributed by atoms with Crippen LogP contribution in [0, 0.1) is 5.92 Å². The monoisotopic (exact) mass is 251 g/mol. The van der Waals surface area contributed by atoms with Crippen LogP contribution in [0.15, 0.2) is 22.9 Å². The highest BCUT2D eigenvalue weighted by molar-refractivity contribution is 7.08. The first kappa shape index (κ1) is 14.5. The van der Waals surface area contributed by atoms with Gasteiger partial charge < -0.3 is 4.90 Å². The van der Waals surface area contributed by atoms with Crippen LogP contribution >= 0.6 is 11.3 Å². The van der Waals surface area contributed by atoms with Gasteiger partial charge in [-0.25, -0.2) is 0 Å². The van der Waals surface area contributed by atoms with E-state index in [1.807, 2.05) is 0 Å². The minimum atomic E-state index is 0.825. The summed E-state index contributed by atoms with van der Waals surface area (Å²) in [4.78, 5) is 2.40. The molecule has 0 bridgehead atoms. The van der Waals surface area contributed by atoms with Gasteiger partial charge >= 0.3 is 0 Å².